The monoisotopic (exact) mass is 381 g/mol. The molecule has 0 radical (unpaired) electrons. The number of amides is 1. The number of hydrogen-bond acceptors (Lipinski definition) is 2. The fourth-order valence-corrected chi connectivity index (χ4v) is 2.89. The Hall–Kier alpha value is -1.52. The molecule has 2 aromatic rings. The van der Waals surface area contributed by atoms with Crippen molar-refractivity contribution in [3.05, 3.63) is 45.2 Å². The minimum Gasteiger partial charge on any atom is -0.356 e. The van der Waals surface area contributed by atoms with Crippen molar-refractivity contribution in [3.8, 4) is 5.69 Å². The van der Waals surface area contributed by atoms with E-state index in [1.807, 2.05) is 19.9 Å². The van der Waals surface area contributed by atoms with E-state index in [0.29, 0.717) is 23.0 Å². The van der Waals surface area contributed by atoms with Crippen LogP contribution < -0.4 is 5.32 Å². The zero-order valence-electron chi connectivity index (χ0n) is 15.4. The molecule has 4 nitrogen and oxygen atoms in total. The summed E-state index contributed by atoms with van der Waals surface area (Å²) in [7, 11) is 0. The Bertz CT molecular complexity index is 776. The van der Waals surface area contributed by atoms with Gasteiger partial charge in [0.15, 0.2) is 0 Å². The smallest absolute Gasteiger partial charge is 0.224 e. The third-order valence-electron chi connectivity index (χ3n) is 4.12. The van der Waals surface area contributed by atoms with Gasteiger partial charge < -0.3 is 5.32 Å². The fraction of sp³-hybridized carbons (Fsp3) is 0.474. The van der Waals surface area contributed by atoms with Crippen LogP contribution in [-0.2, 0) is 11.2 Å². The van der Waals surface area contributed by atoms with E-state index in [2.05, 4.69) is 31.2 Å². The van der Waals surface area contributed by atoms with Crippen molar-refractivity contribution in [1.82, 2.24) is 15.1 Å². The van der Waals surface area contributed by atoms with E-state index in [1.54, 1.807) is 16.8 Å². The summed E-state index contributed by atoms with van der Waals surface area (Å²) in [6, 6.07) is 5.38. The van der Waals surface area contributed by atoms with Crippen molar-refractivity contribution in [1.29, 1.82) is 0 Å². The number of halogens is 2. The summed E-state index contributed by atoms with van der Waals surface area (Å²) >= 11 is 12.1. The second kappa shape index (κ2) is 7.79. The molecule has 1 N–H and O–H groups in total. The molecule has 0 aliphatic heterocycles. The topological polar surface area (TPSA) is 46.9 Å². The maximum Gasteiger partial charge on any atom is 0.224 e. The first-order chi connectivity index (χ1) is 11.6. The van der Waals surface area contributed by atoms with E-state index in [9.17, 15) is 4.79 Å². The van der Waals surface area contributed by atoms with Gasteiger partial charge in [-0.3, -0.25) is 4.79 Å². The lowest BCUT2D eigenvalue weighted by Gasteiger charge is -2.18. The van der Waals surface area contributed by atoms with Crippen LogP contribution in [0.5, 0.6) is 0 Å². The zero-order valence-corrected chi connectivity index (χ0v) is 16.9. The Labute approximate surface area is 159 Å². The predicted octanol–water partition coefficient (Wildman–Crippen LogP) is 4.89. The van der Waals surface area contributed by atoms with Crippen LogP contribution in [0.25, 0.3) is 5.69 Å². The van der Waals surface area contributed by atoms with Crippen LogP contribution in [-0.4, -0.2) is 22.2 Å². The molecule has 1 amide bonds. The van der Waals surface area contributed by atoms with E-state index in [0.717, 1.165) is 29.1 Å². The van der Waals surface area contributed by atoms with Gasteiger partial charge in [-0.15, -0.1) is 0 Å². The highest BCUT2D eigenvalue weighted by atomic mass is 35.5. The number of rotatable bonds is 5. The van der Waals surface area contributed by atoms with Crippen LogP contribution in [0.1, 0.15) is 44.1 Å². The number of aromatic nitrogens is 2. The summed E-state index contributed by atoms with van der Waals surface area (Å²) in [6.07, 6.45) is 1.27. The van der Waals surface area contributed by atoms with Gasteiger partial charge in [-0.2, -0.15) is 5.10 Å². The van der Waals surface area contributed by atoms with Crippen molar-refractivity contribution in [3.63, 3.8) is 0 Å². The highest BCUT2D eigenvalue weighted by molar-refractivity contribution is 6.42. The number of carbonyl (C=O) groups is 1. The summed E-state index contributed by atoms with van der Waals surface area (Å²) in [5, 5.41) is 8.54. The Balaban J connectivity index is 2.13. The zero-order chi connectivity index (χ0) is 18.8. The first-order valence-corrected chi connectivity index (χ1v) is 9.11. The molecule has 0 atom stereocenters. The van der Waals surface area contributed by atoms with Gasteiger partial charge in [0.25, 0.3) is 0 Å². The van der Waals surface area contributed by atoms with Crippen LogP contribution in [0.3, 0.4) is 0 Å². The first kappa shape index (κ1) is 19.8. The number of nitrogens with zero attached hydrogens (tertiary/aromatic N) is 2. The summed E-state index contributed by atoms with van der Waals surface area (Å²) < 4.78 is 1.80. The molecule has 1 heterocycles. The van der Waals surface area contributed by atoms with Gasteiger partial charge in [0.1, 0.15) is 0 Å². The maximum atomic E-state index is 12.3. The number of benzene rings is 1. The second-order valence-electron chi connectivity index (χ2n) is 7.50. The Morgan fingerprint density at radius 1 is 1.20 bits per heavy atom. The van der Waals surface area contributed by atoms with Gasteiger partial charge >= 0.3 is 0 Å². The highest BCUT2D eigenvalue weighted by Gasteiger charge is 2.17. The van der Waals surface area contributed by atoms with E-state index >= 15 is 0 Å². The molecule has 0 saturated heterocycles. The van der Waals surface area contributed by atoms with Crippen molar-refractivity contribution < 1.29 is 4.79 Å². The van der Waals surface area contributed by atoms with Gasteiger partial charge in [-0.1, -0.05) is 44.0 Å². The average molecular weight is 382 g/mol. The van der Waals surface area contributed by atoms with Gasteiger partial charge in [0.2, 0.25) is 5.91 Å². The predicted molar refractivity (Wildman–Crippen MR) is 104 cm³/mol. The number of carbonyl (C=O) groups excluding carboxylic acids is 1. The maximum absolute atomic E-state index is 12.3. The Kier molecular flexibility index (Phi) is 6.17. The molecule has 25 heavy (non-hydrogen) atoms. The fourth-order valence-electron chi connectivity index (χ4n) is 2.60. The molecule has 6 heteroatoms. The molecule has 0 aliphatic rings. The summed E-state index contributed by atoms with van der Waals surface area (Å²) in [5.74, 6) is 0.0177. The van der Waals surface area contributed by atoms with E-state index < -0.39 is 0 Å². The van der Waals surface area contributed by atoms with Crippen molar-refractivity contribution in [2.45, 2.75) is 47.5 Å². The third kappa shape index (κ3) is 5.23. The molecule has 2 rings (SSSR count). The average Bonchev–Trinajstić information content (AvgIpc) is 2.77. The molecule has 0 saturated carbocycles. The minimum atomic E-state index is 0.0177. The van der Waals surface area contributed by atoms with Gasteiger partial charge in [-0.25, -0.2) is 4.68 Å². The normalized spacial score (nSPS) is 11.6. The molecule has 1 aromatic heterocycles. The Morgan fingerprint density at radius 2 is 1.88 bits per heavy atom. The van der Waals surface area contributed by atoms with E-state index in [4.69, 9.17) is 23.2 Å². The van der Waals surface area contributed by atoms with Gasteiger partial charge in [0.05, 0.1) is 27.8 Å². The SMILES string of the molecule is Cc1nn(-c2ccc(Cl)c(Cl)c2)c(C)c1CC(=O)NCCC(C)(C)C. The van der Waals surface area contributed by atoms with Crippen LogP contribution in [0, 0.1) is 19.3 Å². The van der Waals surface area contributed by atoms with Crippen molar-refractivity contribution in [2.24, 2.45) is 5.41 Å². The molecule has 1 aromatic carbocycles. The molecule has 0 unspecified atom stereocenters. The molecule has 0 bridgehead atoms. The van der Waals surface area contributed by atoms with Crippen LogP contribution in [0.4, 0.5) is 0 Å². The Morgan fingerprint density at radius 3 is 2.48 bits per heavy atom. The third-order valence-corrected chi connectivity index (χ3v) is 4.86. The molecular formula is C19H25Cl2N3O. The minimum absolute atomic E-state index is 0.0177. The van der Waals surface area contributed by atoms with Crippen LogP contribution >= 0.6 is 23.2 Å². The lowest BCUT2D eigenvalue weighted by molar-refractivity contribution is -0.120. The molecule has 0 aliphatic carbocycles. The van der Waals surface area contributed by atoms with Gasteiger partial charge in [-0.05, 0) is 43.9 Å². The number of hydrogen-bond donors (Lipinski definition) is 1. The summed E-state index contributed by atoms with van der Waals surface area (Å²) in [4.78, 5) is 12.3. The number of aryl methyl sites for hydroxylation is 1. The summed E-state index contributed by atoms with van der Waals surface area (Å²) in [6.45, 7) is 11.0. The number of nitrogens with one attached hydrogen (secondary N) is 1. The van der Waals surface area contributed by atoms with Crippen molar-refractivity contribution >= 4 is 29.1 Å². The van der Waals surface area contributed by atoms with Crippen LogP contribution in [0.15, 0.2) is 18.2 Å². The second-order valence-corrected chi connectivity index (χ2v) is 8.31. The lowest BCUT2D eigenvalue weighted by atomic mass is 9.92. The standard InChI is InChI=1S/C19H25Cl2N3O/c1-12-15(11-18(25)22-9-8-19(3,4)5)13(2)24(23-12)14-6-7-16(20)17(21)10-14/h6-7,10H,8-9,11H2,1-5H3,(H,22,25). The molecule has 0 fully saturated rings. The summed E-state index contributed by atoms with van der Waals surface area (Å²) in [5.41, 5.74) is 3.75. The van der Waals surface area contributed by atoms with E-state index in [-0.39, 0.29) is 11.3 Å². The lowest BCUT2D eigenvalue weighted by Crippen LogP contribution is -2.28. The van der Waals surface area contributed by atoms with Gasteiger partial charge in [0, 0.05) is 17.8 Å². The largest absolute Gasteiger partial charge is 0.356 e. The molecular weight excluding hydrogens is 357 g/mol. The quantitative estimate of drug-likeness (QED) is 0.800. The molecule has 136 valence electrons. The van der Waals surface area contributed by atoms with Crippen LogP contribution in [0.2, 0.25) is 10.0 Å². The molecule has 0 spiro atoms. The van der Waals surface area contributed by atoms with E-state index in [1.165, 1.54) is 0 Å². The first-order valence-electron chi connectivity index (χ1n) is 8.36. The van der Waals surface area contributed by atoms with Crippen molar-refractivity contribution in [2.75, 3.05) is 6.54 Å². The highest BCUT2D eigenvalue weighted by Crippen LogP contribution is 2.26.